The Morgan fingerprint density at radius 2 is 1.79 bits per heavy atom. The van der Waals surface area contributed by atoms with E-state index in [9.17, 15) is 0 Å². The summed E-state index contributed by atoms with van der Waals surface area (Å²) in [7, 11) is 0. The Kier molecular flexibility index (Phi) is 5.38. The van der Waals surface area contributed by atoms with Crippen molar-refractivity contribution in [2.75, 3.05) is 0 Å². The first kappa shape index (κ1) is 14.5. The normalized spacial score (nSPS) is 11.6. The topological polar surface area (TPSA) is 3.88 Å². The molecule has 2 heteroatoms. The monoisotopic (exact) mass is 276 g/mol. The van der Waals surface area contributed by atoms with Crippen LogP contribution in [0.4, 0.5) is 0 Å². The van der Waals surface area contributed by atoms with E-state index in [0.29, 0.717) is 5.92 Å². The van der Waals surface area contributed by atoms with E-state index in [1.54, 1.807) is 0 Å². The molecule has 0 aliphatic carbocycles. The fourth-order valence-corrected chi connectivity index (χ4v) is 3.78. The van der Waals surface area contributed by atoms with Crippen molar-refractivity contribution in [3.63, 3.8) is 0 Å². The molecule has 0 N–H and O–H groups in total. The third kappa shape index (κ3) is 3.56. The van der Waals surface area contributed by atoms with Crippen LogP contribution in [0, 0.1) is 0 Å². The number of thiazole rings is 1. The second-order valence-electron chi connectivity index (χ2n) is 5.63. The maximum atomic E-state index is 2.55. The second-order valence-corrected chi connectivity index (χ2v) is 6.69. The number of hydrogen-bond donors (Lipinski definition) is 0. The molecule has 0 radical (unpaired) electrons. The van der Waals surface area contributed by atoms with Gasteiger partial charge in [-0.3, -0.25) is 0 Å². The van der Waals surface area contributed by atoms with Gasteiger partial charge in [-0.15, -0.1) is 0 Å². The maximum absolute atomic E-state index is 2.55. The highest BCUT2D eigenvalue weighted by molar-refractivity contribution is 7.18. The number of benzene rings is 1. The first-order valence-electron chi connectivity index (χ1n) is 7.65. The van der Waals surface area contributed by atoms with Crippen LogP contribution >= 0.6 is 11.3 Å². The molecular weight excluding hydrogens is 250 g/mol. The molecule has 0 spiro atoms. The molecule has 0 bridgehead atoms. The van der Waals surface area contributed by atoms with Crippen LogP contribution in [0.15, 0.2) is 24.3 Å². The van der Waals surface area contributed by atoms with Gasteiger partial charge in [0.15, 0.2) is 0 Å². The van der Waals surface area contributed by atoms with E-state index < -0.39 is 0 Å². The fourth-order valence-electron chi connectivity index (χ4n) is 2.59. The van der Waals surface area contributed by atoms with Gasteiger partial charge in [0.25, 0.3) is 0 Å². The summed E-state index contributed by atoms with van der Waals surface area (Å²) in [5.41, 5.74) is 1.42. The average molecular weight is 276 g/mol. The lowest BCUT2D eigenvalue weighted by Crippen LogP contribution is -2.36. The smallest absolute Gasteiger partial charge is 0.186 e. The quantitative estimate of drug-likeness (QED) is 0.478. The summed E-state index contributed by atoms with van der Waals surface area (Å²) in [5.74, 6) is 0.619. The molecular formula is C17H26NS+. The Morgan fingerprint density at radius 1 is 1.05 bits per heavy atom. The van der Waals surface area contributed by atoms with Gasteiger partial charge in [0.2, 0.25) is 10.5 Å². The predicted octanol–water partition coefficient (Wildman–Crippen LogP) is 5.28. The molecule has 0 saturated carbocycles. The molecule has 2 rings (SSSR count). The molecule has 19 heavy (non-hydrogen) atoms. The van der Waals surface area contributed by atoms with Crippen molar-refractivity contribution < 1.29 is 4.57 Å². The van der Waals surface area contributed by atoms with Crippen molar-refractivity contribution in [3.05, 3.63) is 29.3 Å². The van der Waals surface area contributed by atoms with Crippen molar-refractivity contribution in [2.45, 2.75) is 65.3 Å². The van der Waals surface area contributed by atoms with Gasteiger partial charge in [0, 0.05) is 18.4 Å². The van der Waals surface area contributed by atoms with Gasteiger partial charge in [-0.2, -0.15) is 4.57 Å². The molecule has 1 nitrogen and oxygen atoms in total. The Bertz CT molecular complexity index is 513. The highest BCUT2D eigenvalue weighted by Crippen LogP contribution is 2.25. The van der Waals surface area contributed by atoms with Crippen LogP contribution in [0.5, 0.6) is 0 Å². The van der Waals surface area contributed by atoms with Crippen LogP contribution in [0.1, 0.15) is 63.8 Å². The summed E-state index contributed by atoms with van der Waals surface area (Å²) in [6, 6.07) is 8.82. The van der Waals surface area contributed by atoms with Gasteiger partial charge in [0.1, 0.15) is 11.2 Å². The number of aromatic nitrogens is 1. The molecule has 0 unspecified atom stereocenters. The van der Waals surface area contributed by atoms with Crippen LogP contribution in [0.25, 0.3) is 10.2 Å². The molecule has 2 aromatic rings. The molecule has 104 valence electrons. The number of fused-ring (bicyclic) bond motifs is 1. The van der Waals surface area contributed by atoms with Gasteiger partial charge in [-0.05, 0) is 12.5 Å². The van der Waals surface area contributed by atoms with Crippen molar-refractivity contribution in [1.82, 2.24) is 0 Å². The minimum absolute atomic E-state index is 0.619. The summed E-state index contributed by atoms with van der Waals surface area (Å²) < 4.78 is 3.98. The second kappa shape index (κ2) is 7.04. The third-order valence-corrected chi connectivity index (χ3v) is 5.08. The van der Waals surface area contributed by atoms with Gasteiger partial charge >= 0.3 is 0 Å². The molecule has 0 fully saturated rings. The highest BCUT2D eigenvalue weighted by Gasteiger charge is 2.21. The van der Waals surface area contributed by atoms with E-state index in [0.717, 1.165) is 0 Å². The number of rotatable bonds is 7. The number of nitrogens with zero attached hydrogens (tertiary/aromatic N) is 1. The Labute approximate surface area is 121 Å². The number of hydrogen-bond acceptors (Lipinski definition) is 1. The molecule has 0 amide bonds. The summed E-state index contributed by atoms with van der Waals surface area (Å²) in [6.45, 7) is 8.07. The van der Waals surface area contributed by atoms with Crippen LogP contribution in [-0.2, 0) is 6.54 Å². The van der Waals surface area contributed by atoms with Gasteiger partial charge in [0.05, 0.1) is 0 Å². The SMILES string of the molecule is CCCCCCC[n+]1c(C(C)C)sc2ccccc21. The Hall–Kier alpha value is -0.890. The van der Waals surface area contributed by atoms with Gasteiger partial charge in [-0.25, -0.2) is 0 Å². The zero-order valence-corrected chi connectivity index (χ0v) is 13.3. The first-order chi connectivity index (χ1) is 9.24. The van der Waals surface area contributed by atoms with E-state index in [-0.39, 0.29) is 0 Å². The van der Waals surface area contributed by atoms with Crippen molar-refractivity contribution in [2.24, 2.45) is 0 Å². The fraction of sp³-hybridized carbons (Fsp3) is 0.588. The van der Waals surface area contributed by atoms with E-state index in [1.165, 1.54) is 53.9 Å². The first-order valence-corrected chi connectivity index (χ1v) is 8.47. The van der Waals surface area contributed by atoms with Crippen LogP contribution in [0.2, 0.25) is 0 Å². The average Bonchev–Trinajstić information content (AvgIpc) is 2.78. The summed E-state index contributed by atoms with van der Waals surface area (Å²) in [6.07, 6.45) is 6.77. The molecule has 0 atom stereocenters. The molecule has 0 aliphatic rings. The van der Waals surface area contributed by atoms with E-state index in [1.807, 2.05) is 11.3 Å². The zero-order valence-electron chi connectivity index (χ0n) is 12.5. The molecule has 1 aromatic carbocycles. The summed E-state index contributed by atoms with van der Waals surface area (Å²) in [4.78, 5) is 0. The largest absolute Gasteiger partial charge is 0.240 e. The lowest BCUT2D eigenvalue weighted by Gasteiger charge is -2.02. The molecule has 0 saturated heterocycles. The molecule has 1 heterocycles. The number of para-hydroxylation sites is 1. The van der Waals surface area contributed by atoms with Crippen molar-refractivity contribution in [1.29, 1.82) is 0 Å². The minimum Gasteiger partial charge on any atom is -0.186 e. The van der Waals surface area contributed by atoms with E-state index in [2.05, 4.69) is 49.6 Å². The Balaban J connectivity index is 2.13. The zero-order chi connectivity index (χ0) is 13.7. The van der Waals surface area contributed by atoms with E-state index in [4.69, 9.17) is 0 Å². The van der Waals surface area contributed by atoms with Gasteiger partial charge < -0.3 is 0 Å². The predicted molar refractivity (Wildman–Crippen MR) is 84.9 cm³/mol. The Morgan fingerprint density at radius 3 is 2.53 bits per heavy atom. The van der Waals surface area contributed by atoms with Crippen LogP contribution < -0.4 is 4.57 Å². The lowest BCUT2D eigenvalue weighted by atomic mass is 10.1. The molecule has 1 aromatic heterocycles. The maximum Gasteiger partial charge on any atom is 0.240 e. The molecule has 0 aliphatic heterocycles. The number of aryl methyl sites for hydroxylation is 1. The number of unbranched alkanes of at least 4 members (excludes halogenated alkanes) is 4. The minimum atomic E-state index is 0.619. The standard InChI is InChI=1S/C17H26NS/c1-4-5-6-7-10-13-18-15-11-8-9-12-16(15)19-17(18)14(2)3/h8-9,11-12,14H,4-7,10,13H2,1-3H3/q+1. The highest BCUT2D eigenvalue weighted by atomic mass is 32.1. The van der Waals surface area contributed by atoms with E-state index >= 15 is 0 Å². The summed E-state index contributed by atoms with van der Waals surface area (Å²) >= 11 is 1.96. The third-order valence-electron chi connectivity index (χ3n) is 3.62. The van der Waals surface area contributed by atoms with Crippen LogP contribution in [-0.4, -0.2) is 0 Å². The van der Waals surface area contributed by atoms with Crippen molar-refractivity contribution in [3.8, 4) is 0 Å². The summed E-state index contributed by atoms with van der Waals surface area (Å²) in [5, 5.41) is 1.52. The van der Waals surface area contributed by atoms with Gasteiger partial charge in [-0.1, -0.05) is 63.5 Å². The lowest BCUT2D eigenvalue weighted by molar-refractivity contribution is -0.675. The van der Waals surface area contributed by atoms with Crippen LogP contribution in [0.3, 0.4) is 0 Å². The van der Waals surface area contributed by atoms with Crippen molar-refractivity contribution >= 4 is 21.6 Å².